The zero-order valence-corrected chi connectivity index (χ0v) is 10.5. The van der Waals surface area contributed by atoms with E-state index in [1.54, 1.807) is 0 Å². The molecule has 2 heterocycles. The fourth-order valence-corrected chi connectivity index (χ4v) is 3.12. The van der Waals surface area contributed by atoms with Crippen LogP contribution in [0.25, 0.3) is 21.9 Å². The lowest BCUT2D eigenvalue weighted by Gasteiger charge is -2.04. The van der Waals surface area contributed by atoms with Crippen LogP contribution in [0.15, 0.2) is 42.7 Å². The fraction of sp³-hybridized carbons (Fsp3) is 0.0625. The highest BCUT2D eigenvalue weighted by atomic mass is 16.9. The van der Waals surface area contributed by atoms with E-state index in [4.69, 9.17) is 9.68 Å². The first-order chi connectivity index (χ1) is 9.90. The molecule has 20 heavy (non-hydrogen) atoms. The van der Waals surface area contributed by atoms with Gasteiger partial charge in [-0.15, -0.1) is 0 Å². The van der Waals surface area contributed by atoms with Crippen molar-refractivity contribution in [3.63, 3.8) is 0 Å². The van der Waals surface area contributed by atoms with Crippen molar-refractivity contribution in [2.45, 2.75) is 6.42 Å². The number of rotatable bonds is 0. The van der Waals surface area contributed by atoms with Crippen molar-refractivity contribution in [1.82, 2.24) is 10.6 Å². The maximum absolute atomic E-state index is 5.24. The van der Waals surface area contributed by atoms with E-state index >= 15 is 0 Å². The van der Waals surface area contributed by atoms with Crippen LogP contribution in [-0.4, -0.2) is 4.98 Å². The molecule has 0 fully saturated rings. The van der Waals surface area contributed by atoms with Crippen molar-refractivity contribution in [1.29, 1.82) is 0 Å². The molecule has 1 aromatic heterocycles. The van der Waals surface area contributed by atoms with Gasteiger partial charge in [-0.25, -0.2) is 0 Å². The average Bonchev–Trinajstić information content (AvgIpc) is 3.08. The Morgan fingerprint density at radius 3 is 2.85 bits per heavy atom. The van der Waals surface area contributed by atoms with Gasteiger partial charge < -0.3 is 9.68 Å². The van der Waals surface area contributed by atoms with Crippen molar-refractivity contribution in [2.24, 2.45) is 0 Å². The predicted molar refractivity (Wildman–Crippen MR) is 74.4 cm³/mol. The summed E-state index contributed by atoms with van der Waals surface area (Å²) in [6.07, 6.45) is 4.69. The molecule has 2 aliphatic rings. The molecule has 2 aromatic carbocycles. The van der Waals surface area contributed by atoms with E-state index in [-0.39, 0.29) is 0 Å². The summed E-state index contributed by atoms with van der Waals surface area (Å²) in [5.41, 5.74) is 7.52. The van der Waals surface area contributed by atoms with Crippen LogP contribution in [0, 0.1) is 0 Å². The molecule has 4 nitrogen and oxygen atoms in total. The number of hydrogen-bond acceptors (Lipinski definition) is 4. The summed E-state index contributed by atoms with van der Waals surface area (Å²) in [6, 6.07) is 10.5. The van der Waals surface area contributed by atoms with Gasteiger partial charge in [-0.1, -0.05) is 12.1 Å². The number of nitrogens with one attached hydrogen (secondary N) is 1. The molecule has 0 radical (unpaired) electrons. The van der Waals surface area contributed by atoms with Crippen molar-refractivity contribution in [3.05, 3.63) is 53.9 Å². The zero-order chi connectivity index (χ0) is 13.1. The van der Waals surface area contributed by atoms with Gasteiger partial charge >= 0.3 is 0 Å². The summed E-state index contributed by atoms with van der Waals surface area (Å²) in [7, 11) is 0. The maximum Gasteiger partial charge on any atom is 0.196 e. The number of pyridine rings is 1. The number of hydrogen-bond donors (Lipinski definition) is 1. The molecule has 1 N–H and O–H groups in total. The molecule has 1 aliphatic heterocycles. The Balaban J connectivity index is 1.81. The number of fused-ring (bicyclic) bond motifs is 6. The van der Waals surface area contributed by atoms with E-state index in [0.717, 1.165) is 17.9 Å². The van der Waals surface area contributed by atoms with E-state index in [1.165, 1.54) is 33.0 Å². The van der Waals surface area contributed by atoms with Crippen LogP contribution in [0.4, 0.5) is 0 Å². The monoisotopic (exact) mass is 262 g/mol. The summed E-state index contributed by atoms with van der Waals surface area (Å²) in [6.45, 7) is 0. The number of benzene rings is 2. The second-order valence-corrected chi connectivity index (χ2v) is 5.11. The second kappa shape index (κ2) is 3.49. The van der Waals surface area contributed by atoms with Crippen molar-refractivity contribution < 1.29 is 9.68 Å². The highest BCUT2D eigenvalue weighted by Gasteiger charge is 2.25. The highest BCUT2D eigenvalue weighted by molar-refractivity contribution is 5.95. The van der Waals surface area contributed by atoms with Crippen LogP contribution in [-0.2, 0) is 6.42 Å². The first kappa shape index (κ1) is 10.2. The Labute approximate surface area is 114 Å². The third-order valence-electron chi connectivity index (χ3n) is 4.06. The first-order valence-corrected chi connectivity index (χ1v) is 6.52. The van der Waals surface area contributed by atoms with Crippen LogP contribution in [0.3, 0.4) is 0 Å². The van der Waals surface area contributed by atoms with Gasteiger partial charge in [0, 0.05) is 23.4 Å². The smallest absolute Gasteiger partial charge is 0.196 e. The van der Waals surface area contributed by atoms with E-state index < -0.39 is 0 Å². The molecule has 3 aromatic rings. The van der Waals surface area contributed by atoms with E-state index in [2.05, 4.69) is 28.8 Å². The van der Waals surface area contributed by atoms with E-state index in [0.29, 0.717) is 0 Å². The number of aromatic nitrogens is 1. The predicted octanol–water partition coefficient (Wildman–Crippen LogP) is 3.00. The van der Waals surface area contributed by atoms with Crippen LogP contribution in [0.2, 0.25) is 0 Å². The second-order valence-electron chi connectivity index (χ2n) is 5.11. The van der Waals surface area contributed by atoms with Crippen LogP contribution in [0.5, 0.6) is 11.5 Å². The molecule has 5 rings (SSSR count). The van der Waals surface area contributed by atoms with Gasteiger partial charge in [0.05, 0.1) is 0 Å². The zero-order valence-electron chi connectivity index (χ0n) is 10.5. The van der Waals surface area contributed by atoms with Crippen molar-refractivity contribution >= 4 is 10.8 Å². The molecule has 4 heteroatoms. The molecule has 1 aliphatic carbocycles. The first-order valence-electron chi connectivity index (χ1n) is 6.52. The Kier molecular flexibility index (Phi) is 1.79. The van der Waals surface area contributed by atoms with Gasteiger partial charge in [-0.05, 0) is 52.3 Å². The molecular weight excluding hydrogens is 252 g/mol. The normalized spacial score (nSPS) is 14.4. The lowest BCUT2D eigenvalue weighted by atomic mass is 10.0. The van der Waals surface area contributed by atoms with Gasteiger partial charge in [-0.2, -0.15) is 0 Å². The molecule has 0 amide bonds. The standard InChI is InChI=1S/C16H10N2O2/c1-2-11-12-7-16-15(19-18-20-16)6-10(12)5-13(11)14-8-17-4-3-9(1)14/h1-4,6-8,18H,5H2. The van der Waals surface area contributed by atoms with Crippen molar-refractivity contribution in [2.75, 3.05) is 0 Å². The minimum absolute atomic E-state index is 0.739. The highest BCUT2D eigenvalue weighted by Crippen LogP contribution is 2.45. The van der Waals surface area contributed by atoms with Gasteiger partial charge in [0.2, 0.25) is 0 Å². The van der Waals surface area contributed by atoms with E-state index in [1.807, 2.05) is 24.5 Å². The topological polar surface area (TPSA) is 43.4 Å². The molecular formula is C16H10N2O2. The third-order valence-corrected chi connectivity index (χ3v) is 4.06. The minimum atomic E-state index is 0.739. The summed E-state index contributed by atoms with van der Waals surface area (Å²) in [5, 5.41) is 2.45. The maximum atomic E-state index is 5.24. The van der Waals surface area contributed by atoms with Gasteiger partial charge in [0.25, 0.3) is 0 Å². The van der Waals surface area contributed by atoms with Gasteiger partial charge in [-0.3, -0.25) is 4.98 Å². The molecule has 0 spiro atoms. The Hall–Kier alpha value is -2.59. The largest absolute Gasteiger partial charge is 0.370 e. The lowest BCUT2D eigenvalue weighted by Crippen LogP contribution is -2.14. The number of nitrogens with zero attached hydrogens (tertiary/aromatic N) is 1. The molecule has 0 unspecified atom stereocenters. The SMILES string of the molecule is c1cc2ccc3c(c2cn1)Cc1cc2c(cc1-3)ONO2. The molecule has 0 atom stereocenters. The minimum Gasteiger partial charge on any atom is -0.370 e. The Bertz CT molecular complexity index is 874. The Morgan fingerprint density at radius 1 is 1.00 bits per heavy atom. The summed E-state index contributed by atoms with van der Waals surface area (Å²) in [4.78, 5) is 14.7. The quantitative estimate of drug-likeness (QED) is 0.529. The molecule has 96 valence electrons. The van der Waals surface area contributed by atoms with Crippen LogP contribution >= 0.6 is 0 Å². The van der Waals surface area contributed by atoms with E-state index in [9.17, 15) is 0 Å². The van der Waals surface area contributed by atoms with Gasteiger partial charge in [0.15, 0.2) is 11.5 Å². The average molecular weight is 262 g/mol. The summed E-state index contributed by atoms with van der Waals surface area (Å²) >= 11 is 0. The molecule has 0 saturated carbocycles. The summed E-state index contributed by atoms with van der Waals surface area (Å²) < 4.78 is 0. The Morgan fingerprint density at radius 2 is 1.90 bits per heavy atom. The molecule has 0 saturated heterocycles. The van der Waals surface area contributed by atoms with Crippen LogP contribution < -0.4 is 15.3 Å². The third kappa shape index (κ3) is 1.21. The molecule has 0 bridgehead atoms. The van der Waals surface area contributed by atoms with Crippen molar-refractivity contribution in [3.8, 4) is 22.6 Å². The summed E-state index contributed by atoms with van der Waals surface area (Å²) in [5.74, 6) is 1.49. The van der Waals surface area contributed by atoms with Crippen LogP contribution in [0.1, 0.15) is 11.1 Å². The lowest BCUT2D eigenvalue weighted by molar-refractivity contribution is 0.0259. The fourth-order valence-electron chi connectivity index (χ4n) is 3.12. The van der Waals surface area contributed by atoms with Gasteiger partial charge in [0.1, 0.15) is 0 Å².